The van der Waals surface area contributed by atoms with Crippen LogP contribution in [-0.2, 0) is 20.9 Å². The third-order valence-electron chi connectivity index (χ3n) is 4.65. The van der Waals surface area contributed by atoms with E-state index in [0.29, 0.717) is 17.7 Å². The van der Waals surface area contributed by atoms with Crippen molar-refractivity contribution in [2.45, 2.75) is 20.4 Å². The van der Waals surface area contributed by atoms with E-state index in [4.69, 9.17) is 12.2 Å². The van der Waals surface area contributed by atoms with Gasteiger partial charge in [0.2, 0.25) is 5.91 Å². The van der Waals surface area contributed by atoms with E-state index in [1.165, 1.54) is 6.92 Å². The highest BCUT2D eigenvalue weighted by Crippen LogP contribution is 2.44. The molecule has 0 saturated carbocycles. The van der Waals surface area contributed by atoms with Crippen molar-refractivity contribution in [3.05, 3.63) is 70.1 Å². The summed E-state index contributed by atoms with van der Waals surface area (Å²) in [6, 6.07) is 15.4. The zero-order chi connectivity index (χ0) is 20.7. The molecule has 8 heteroatoms. The molecule has 1 saturated heterocycles. The summed E-state index contributed by atoms with van der Waals surface area (Å²) in [5, 5.41) is 1.02. The number of benzene rings is 2. The van der Waals surface area contributed by atoms with Crippen LogP contribution in [0.15, 0.2) is 53.4 Å². The molecule has 2 aliphatic heterocycles. The largest absolute Gasteiger partial charge is 0.303 e. The first-order chi connectivity index (χ1) is 13.9. The third-order valence-corrected chi connectivity index (χ3v) is 6.02. The molecule has 2 aromatic rings. The Morgan fingerprint density at radius 1 is 1.07 bits per heavy atom. The van der Waals surface area contributed by atoms with Gasteiger partial charge in [-0.25, -0.2) is 0 Å². The molecule has 0 aromatic heterocycles. The topological polar surface area (TPSA) is 69.7 Å². The Kier molecular flexibility index (Phi) is 4.97. The van der Waals surface area contributed by atoms with Gasteiger partial charge in [0.15, 0.2) is 4.32 Å². The molecule has 0 unspecified atom stereocenters. The van der Waals surface area contributed by atoms with Crippen LogP contribution in [0, 0.1) is 6.92 Å². The molecule has 2 aliphatic rings. The molecule has 0 atom stereocenters. The fraction of sp³-hybridized carbons (Fsp3) is 0.143. The molecule has 3 amide bonds. The van der Waals surface area contributed by atoms with Crippen molar-refractivity contribution in [1.29, 1.82) is 0 Å². The van der Waals surface area contributed by atoms with E-state index in [-0.39, 0.29) is 15.1 Å². The van der Waals surface area contributed by atoms with Crippen LogP contribution in [-0.4, -0.2) is 27.1 Å². The first kappa shape index (κ1) is 19.4. The van der Waals surface area contributed by atoms with Gasteiger partial charge >= 0.3 is 0 Å². The minimum Gasteiger partial charge on any atom is -0.303 e. The molecule has 29 heavy (non-hydrogen) atoms. The zero-order valence-corrected chi connectivity index (χ0v) is 17.4. The Morgan fingerprint density at radius 3 is 2.45 bits per heavy atom. The molecule has 6 nitrogen and oxygen atoms in total. The molecule has 1 N–H and O–H groups in total. The van der Waals surface area contributed by atoms with Gasteiger partial charge in [-0.2, -0.15) is 5.01 Å². The molecule has 4 rings (SSSR count). The van der Waals surface area contributed by atoms with Crippen LogP contribution in [0.1, 0.15) is 23.6 Å². The van der Waals surface area contributed by atoms with Crippen molar-refractivity contribution in [2.75, 3.05) is 4.90 Å². The Balaban J connectivity index is 1.76. The second-order valence-corrected chi connectivity index (χ2v) is 8.42. The second-order valence-electron chi connectivity index (χ2n) is 6.77. The standard InChI is InChI=1S/C21H17N3O3S2/c1-12-7-9-14(10-8-12)11-23-16-6-4-3-5-15(16)17(19(23)26)18-20(27)24(21(28)29-18)22-13(2)25/h3-10H,11H2,1-2H3,(H,22,25)/b18-17-. The van der Waals surface area contributed by atoms with E-state index in [0.717, 1.165) is 33.6 Å². The van der Waals surface area contributed by atoms with Crippen LogP contribution in [0.2, 0.25) is 0 Å². The van der Waals surface area contributed by atoms with Crippen LogP contribution >= 0.6 is 24.0 Å². The van der Waals surface area contributed by atoms with Gasteiger partial charge in [-0.1, -0.05) is 59.8 Å². The van der Waals surface area contributed by atoms with Crippen molar-refractivity contribution in [3.63, 3.8) is 0 Å². The number of rotatable bonds is 3. The first-order valence-corrected chi connectivity index (χ1v) is 10.1. The summed E-state index contributed by atoms with van der Waals surface area (Å²) in [4.78, 5) is 39.5. The van der Waals surface area contributed by atoms with E-state index >= 15 is 0 Å². The number of aryl methyl sites for hydroxylation is 1. The third kappa shape index (κ3) is 3.45. The summed E-state index contributed by atoms with van der Waals surface area (Å²) >= 11 is 6.25. The maximum absolute atomic E-state index is 13.4. The Morgan fingerprint density at radius 2 is 1.76 bits per heavy atom. The minimum absolute atomic E-state index is 0.190. The van der Waals surface area contributed by atoms with Crippen LogP contribution in [0.4, 0.5) is 5.69 Å². The zero-order valence-electron chi connectivity index (χ0n) is 15.8. The molecule has 1 fully saturated rings. The average Bonchev–Trinajstić information content (AvgIpc) is 3.11. The summed E-state index contributed by atoms with van der Waals surface area (Å²) < 4.78 is 0.190. The van der Waals surface area contributed by atoms with Gasteiger partial charge in [0.1, 0.15) is 0 Å². The number of thiocarbonyl (C=S) groups is 1. The SMILES string of the molecule is CC(=O)NN1C(=O)/C(=C2/C(=O)N(Cc3ccc(C)cc3)c3ccccc32)SC1=S. The Labute approximate surface area is 177 Å². The monoisotopic (exact) mass is 423 g/mol. The number of hydrogen-bond donors (Lipinski definition) is 1. The maximum atomic E-state index is 13.4. The summed E-state index contributed by atoms with van der Waals surface area (Å²) in [7, 11) is 0. The molecule has 0 bridgehead atoms. The maximum Gasteiger partial charge on any atom is 0.286 e. The molecule has 0 radical (unpaired) electrons. The number of anilines is 1. The fourth-order valence-electron chi connectivity index (χ4n) is 3.31. The van der Waals surface area contributed by atoms with Gasteiger partial charge in [-0.3, -0.25) is 19.8 Å². The summed E-state index contributed by atoms with van der Waals surface area (Å²) in [5.41, 5.74) is 6.30. The number of carbonyl (C=O) groups excluding carboxylic acids is 3. The second kappa shape index (κ2) is 7.46. The van der Waals surface area contributed by atoms with Crippen LogP contribution in [0.5, 0.6) is 0 Å². The number of hydrazine groups is 1. The van der Waals surface area contributed by atoms with Crippen molar-refractivity contribution in [1.82, 2.24) is 10.4 Å². The normalized spacial score (nSPS) is 18.5. The van der Waals surface area contributed by atoms with E-state index < -0.39 is 11.8 Å². The Hall–Kier alpha value is -2.97. The van der Waals surface area contributed by atoms with Crippen LogP contribution < -0.4 is 10.3 Å². The number of amides is 3. The lowest BCUT2D eigenvalue weighted by molar-refractivity contribution is -0.132. The van der Waals surface area contributed by atoms with Crippen LogP contribution in [0.25, 0.3) is 5.57 Å². The smallest absolute Gasteiger partial charge is 0.286 e. The average molecular weight is 424 g/mol. The van der Waals surface area contributed by atoms with Crippen molar-refractivity contribution >= 4 is 57.3 Å². The predicted molar refractivity (Wildman–Crippen MR) is 117 cm³/mol. The van der Waals surface area contributed by atoms with Crippen molar-refractivity contribution in [3.8, 4) is 0 Å². The molecule has 0 spiro atoms. The minimum atomic E-state index is -0.495. The van der Waals surface area contributed by atoms with Gasteiger partial charge in [0.25, 0.3) is 11.8 Å². The number of thioether (sulfide) groups is 1. The predicted octanol–water partition coefficient (Wildman–Crippen LogP) is 3.16. The van der Waals surface area contributed by atoms with Crippen molar-refractivity contribution < 1.29 is 14.4 Å². The van der Waals surface area contributed by atoms with Gasteiger partial charge < -0.3 is 4.90 Å². The van der Waals surface area contributed by atoms with E-state index in [1.807, 2.05) is 55.5 Å². The summed E-state index contributed by atoms with van der Waals surface area (Å²) in [6.07, 6.45) is 0. The highest BCUT2D eigenvalue weighted by molar-refractivity contribution is 8.26. The Bertz CT molecular complexity index is 1090. The lowest BCUT2D eigenvalue weighted by Gasteiger charge is -2.17. The van der Waals surface area contributed by atoms with E-state index in [2.05, 4.69) is 5.43 Å². The number of fused-ring (bicyclic) bond motifs is 1. The van der Waals surface area contributed by atoms with Crippen molar-refractivity contribution in [2.24, 2.45) is 0 Å². The number of hydrogen-bond acceptors (Lipinski definition) is 5. The summed E-state index contributed by atoms with van der Waals surface area (Å²) in [5.74, 6) is -1.16. The number of nitrogens with zero attached hydrogens (tertiary/aromatic N) is 2. The van der Waals surface area contributed by atoms with Gasteiger partial charge in [0, 0.05) is 12.5 Å². The molecule has 2 aromatic carbocycles. The lowest BCUT2D eigenvalue weighted by atomic mass is 10.1. The fourth-order valence-corrected chi connectivity index (χ4v) is 4.56. The van der Waals surface area contributed by atoms with E-state index in [1.54, 1.807) is 4.90 Å². The number of para-hydroxylation sites is 1. The number of nitrogens with one attached hydrogen (secondary N) is 1. The molecule has 0 aliphatic carbocycles. The van der Waals surface area contributed by atoms with Gasteiger partial charge in [-0.15, -0.1) is 0 Å². The molecular formula is C21H17N3O3S2. The quantitative estimate of drug-likeness (QED) is 0.607. The van der Waals surface area contributed by atoms with E-state index in [9.17, 15) is 14.4 Å². The summed E-state index contributed by atoms with van der Waals surface area (Å²) in [6.45, 7) is 3.70. The molecule has 2 heterocycles. The van der Waals surface area contributed by atoms with Gasteiger partial charge in [0.05, 0.1) is 22.7 Å². The highest BCUT2D eigenvalue weighted by Gasteiger charge is 2.42. The van der Waals surface area contributed by atoms with Gasteiger partial charge in [-0.05, 0) is 30.8 Å². The molecule has 146 valence electrons. The lowest BCUT2D eigenvalue weighted by Crippen LogP contribution is -2.43. The molecular weight excluding hydrogens is 406 g/mol. The highest BCUT2D eigenvalue weighted by atomic mass is 32.2. The van der Waals surface area contributed by atoms with Crippen LogP contribution in [0.3, 0.4) is 0 Å². The number of carbonyl (C=O) groups is 3. The first-order valence-electron chi connectivity index (χ1n) is 8.91.